The Hall–Kier alpha value is -2.50. The number of nitrogens with two attached hydrogens (primary N) is 1. The van der Waals surface area contributed by atoms with E-state index in [1.807, 2.05) is 4.57 Å². The largest absolute Gasteiger partial charge is 0.388 e. The van der Waals surface area contributed by atoms with Crippen molar-refractivity contribution in [3.8, 4) is 0 Å². The van der Waals surface area contributed by atoms with E-state index >= 15 is 0 Å². The van der Waals surface area contributed by atoms with Crippen molar-refractivity contribution in [3.63, 3.8) is 0 Å². The third-order valence-corrected chi connectivity index (χ3v) is 7.71. The van der Waals surface area contributed by atoms with Crippen molar-refractivity contribution >= 4 is 28.8 Å². The van der Waals surface area contributed by atoms with Crippen LogP contribution < -0.4 is 21.7 Å². The number of aliphatic hydroxyl groups excluding tert-OH is 2. The molecule has 0 aromatic carbocycles. The SMILES string of the molecule is CCC(=O)N[C@H]1C[C@@H](n2cnc3c(NCCC(C)(C)C)nc(NCC4CCC(N)CC4)nc32)[C@H](O)[C@@H]1O. The van der Waals surface area contributed by atoms with Crippen LogP contribution in [0, 0.1) is 11.3 Å². The number of carbonyl (C=O) groups is 1. The van der Waals surface area contributed by atoms with Gasteiger partial charge in [-0.15, -0.1) is 0 Å². The average molecular weight is 517 g/mol. The Balaban J connectivity index is 1.59. The van der Waals surface area contributed by atoms with E-state index in [1.54, 1.807) is 13.3 Å². The fourth-order valence-corrected chi connectivity index (χ4v) is 5.28. The van der Waals surface area contributed by atoms with Crippen LogP contribution in [0.3, 0.4) is 0 Å². The van der Waals surface area contributed by atoms with E-state index in [1.165, 1.54) is 0 Å². The lowest BCUT2D eigenvalue weighted by molar-refractivity contribution is -0.122. The molecular weight excluding hydrogens is 472 g/mol. The zero-order valence-electron chi connectivity index (χ0n) is 22.6. The van der Waals surface area contributed by atoms with Crippen LogP contribution >= 0.6 is 0 Å². The molecular formula is C26H44N8O3. The molecule has 37 heavy (non-hydrogen) atoms. The van der Waals surface area contributed by atoms with Crippen molar-refractivity contribution in [2.45, 2.75) is 103 Å². The molecule has 7 N–H and O–H groups in total. The smallest absolute Gasteiger partial charge is 0.226 e. The Morgan fingerprint density at radius 3 is 2.54 bits per heavy atom. The van der Waals surface area contributed by atoms with Gasteiger partial charge in [0.2, 0.25) is 11.9 Å². The summed E-state index contributed by atoms with van der Waals surface area (Å²) in [6.45, 7) is 9.85. The fourth-order valence-electron chi connectivity index (χ4n) is 5.28. The summed E-state index contributed by atoms with van der Waals surface area (Å²) in [6, 6.07) is -0.713. The van der Waals surface area contributed by atoms with Crippen molar-refractivity contribution < 1.29 is 15.0 Å². The first-order valence-corrected chi connectivity index (χ1v) is 13.7. The first-order valence-electron chi connectivity index (χ1n) is 13.7. The second-order valence-corrected chi connectivity index (χ2v) is 11.9. The molecule has 0 unspecified atom stereocenters. The molecule has 0 saturated heterocycles. The molecule has 2 heterocycles. The molecule has 2 fully saturated rings. The van der Waals surface area contributed by atoms with Gasteiger partial charge in [-0.3, -0.25) is 4.79 Å². The fraction of sp³-hybridized carbons (Fsp3) is 0.769. The van der Waals surface area contributed by atoms with Gasteiger partial charge in [0.1, 0.15) is 12.2 Å². The summed E-state index contributed by atoms with van der Waals surface area (Å²) < 4.78 is 1.81. The summed E-state index contributed by atoms with van der Waals surface area (Å²) in [6.07, 6.45) is 5.41. The maximum absolute atomic E-state index is 11.9. The summed E-state index contributed by atoms with van der Waals surface area (Å²) >= 11 is 0. The molecule has 0 aliphatic heterocycles. The maximum atomic E-state index is 11.9. The third kappa shape index (κ3) is 6.69. The number of anilines is 2. The van der Waals surface area contributed by atoms with Crippen molar-refractivity contribution in [1.82, 2.24) is 24.8 Å². The Morgan fingerprint density at radius 2 is 1.86 bits per heavy atom. The molecule has 2 saturated carbocycles. The van der Waals surface area contributed by atoms with Gasteiger partial charge in [0.25, 0.3) is 0 Å². The minimum absolute atomic E-state index is 0.157. The Morgan fingerprint density at radius 1 is 1.14 bits per heavy atom. The molecule has 11 nitrogen and oxygen atoms in total. The predicted molar refractivity (Wildman–Crippen MR) is 144 cm³/mol. The number of fused-ring (bicyclic) bond motifs is 1. The van der Waals surface area contributed by atoms with E-state index in [2.05, 4.69) is 41.7 Å². The molecule has 2 aliphatic rings. The van der Waals surface area contributed by atoms with Crippen LogP contribution in [0.5, 0.6) is 0 Å². The van der Waals surface area contributed by atoms with E-state index in [9.17, 15) is 15.0 Å². The van der Waals surface area contributed by atoms with Gasteiger partial charge < -0.3 is 36.5 Å². The predicted octanol–water partition coefficient (Wildman–Crippen LogP) is 2.17. The lowest BCUT2D eigenvalue weighted by Crippen LogP contribution is -2.42. The molecule has 4 rings (SSSR count). The molecule has 11 heteroatoms. The number of imidazole rings is 1. The molecule has 0 bridgehead atoms. The minimum atomic E-state index is -1.07. The quantitative estimate of drug-likeness (QED) is 0.293. The van der Waals surface area contributed by atoms with Crippen LogP contribution in [0.2, 0.25) is 0 Å². The number of carbonyl (C=O) groups excluding carboxylic acids is 1. The number of hydrogen-bond acceptors (Lipinski definition) is 9. The number of aliphatic hydroxyl groups is 2. The first-order chi connectivity index (χ1) is 17.6. The van der Waals surface area contributed by atoms with Crippen molar-refractivity contribution in [3.05, 3.63) is 6.33 Å². The van der Waals surface area contributed by atoms with Gasteiger partial charge in [0, 0.05) is 25.6 Å². The highest BCUT2D eigenvalue weighted by molar-refractivity contribution is 5.84. The number of rotatable bonds is 9. The van der Waals surface area contributed by atoms with Crippen LogP contribution in [-0.2, 0) is 4.79 Å². The second kappa shape index (κ2) is 11.5. The number of aromatic nitrogens is 4. The Bertz CT molecular complexity index is 1060. The van der Waals surface area contributed by atoms with E-state index in [0.717, 1.165) is 45.2 Å². The first kappa shape index (κ1) is 27.5. The number of amides is 1. The van der Waals surface area contributed by atoms with Crippen molar-refractivity contribution in [2.75, 3.05) is 23.7 Å². The highest BCUT2D eigenvalue weighted by atomic mass is 16.3. The van der Waals surface area contributed by atoms with Crippen LogP contribution in [0.1, 0.15) is 78.7 Å². The molecule has 1 amide bonds. The van der Waals surface area contributed by atoms with Gasteiger partial charge in [0.15, 0.2) is 17.0 Å². The standard InChI is InChI=1S/C26H44N8O3/c1-5-19(35)31-17-12-18(22(37)21(17)36)34-14-30-20-23(28-11-10-26(2,3)4)32-25(33-24(20)34)29-13-15-6-8-16(27)9-7-15/h14-18,21-22,36-37H,5-13,27H2,1-4H3,(H,31,35)(H2,28,29,32,33)/t15?,16?,17-,18+,21+,22-/m0/s1. The average Bonchev–Trinajstić information content (AvgIpc) is 3.39. The highest BCUT2D eigenvalue weighted by Gasteiger charge is 2.43. The maximum Gasteiger partial charge on any atom is 0.226 e. The zero-order valence-corrected chi connectivity index (χ0v) is 22.6. The van der Waals surface area contributed by atoms with Gasteiger partial charge in [-0.2, -0.15) is 9.97 Å². The van der Waals surface area contributed by atoms with E-state index in [4.69, 9.17) is 15.7 Å². The van der Waals surface area contributed by atoms with Gasteiger partial charge in [-0.25, -0.2) is 4.98 Å². The summed E-state index contributed by atoms with van der Waals surface area (Å²) in [5.74, 6) is 1.52. The summed E-state index contributed by atoms with van der Waals surface area (Å²) in [5.41, 5.74) is 7.44. The van der Waals surface area contributed by atoms with Crippen molar-refractivity contribution in [2.24, 2.45) is 17.1 Å². The highest BCUT2D eigenvalue weighted by Crippen LogP contribution is 2.34. The van der Waals surface area contributed by atoms with Crippen LogP contribution in [0.15, 0.2) is 6.33 Å². The topological polar surface area (TPSA) is 163 Å². The molecule has 0 spiro atoms. The molecule has 2 aliphatic carbocycles. The molecule has 206 valence electrons. The number of hydrogen-bond donors (Lipinski definition) is 6. The van der Waals surface area contributed by atoms with E-state index in [-0.39, 0.29) is 11.3 Å². The molecule has 0 radical (unpaired) electrons. The third-order valence-electron chi connectivity index (χ3n) is 7.71. The monoisotopic (exact) mass is 516 g/mol. The lowest BCUT2D eigenvalue weighted by Gasteiger charge is -2.26. The van der Waals surface area contributed by atoms with Crippen LogP contribution in [0.25, 0.3) is 11.2 Å². The van der Waals surface area contributed by atoms with Gasteiger partial charge in [-0.1, -0.05) is 27.7 Å². The van der Waals surface area contributed by atoms with Gasteiger partial charge in [0.05, 0.1) is 18.4 Å². The Labute approximate surface area is 219 Å². The molecule has 2 aromatic rings. The van der Waals surface area contributed by atoms with Gasteiger partial charge in [-0.05, 0) is 49.9 Å². The zero-order chi connectivity index (χ0) is 26.7. The lowest BCUT2D eigenvalue weighted by atomic mass is 9.86. The summed E-state index contributed by atoms with van der Waals surface area (Å²) in [7, 11) is 0. The van der Waals surface area contributed by atoms with Crippen molar-refractivity contribution in [1.29, 1.82) is 0 Å². The molecule has 2 aromatic heterocycles. The van der Waals surface area contributed by atoms with Crippen LogP contribution in [0.4, 0.5) is 11.8 Å². The van der Waals surface area contributed by atoms with Crippen LogP contribution in [-0.4, -0.2) is 73.0 Å². The normalized spacial score (nSPS) is 28.4. The number of nitrogens with zero attached hydrogens (tertiary/aromatic N) is 4. The van der Waals surface area contributed by atoms with E-state index < -0.39 is 24.3 Å². The summed E-state index contributed by atoms with van der Waals surface area (Å²) in [5, 5.41) is 31.2. The van der Waals surface area contributed by atoms with E-state index in [0.29, 0.717) is 47.7 Å². The molecule has 4 atom stereocenters. The van der Waals surface area contributed by atoms with Gasteiger partial charge >= 0.3 is 0 Å². The second-order valence-electron chi connectivity index (χ2n) is 11.9. The minimum Gasteiger partial charge on any atom is -0.388 e. The number of nitrogens with one attached hydrogen (secondary N) is 3. The summed E-state index contributed by atoms with van der Waals surface area (Å²) in [4.78, 5) is 26.1. The Kier molecular flexibility index (Phi) is 8.55.